The van der Waals surface area contributed by atoms with E-state index in [2.05, 4.69) is 43.4 Å². The van der Waals surface area contributed by atoms with Crippen molar-refractivity contribution in [2.75, 3.05) is 0 Å². The average Bonchev–Trinajstić information content (AvgIpc) is 2.89. The van der Waals surface area contributed by atoms with E-state index in [0.29, 0.717) is 17.8 Å². The zero-order valence-electron chi connectivity index (χ0n) is 13.6. The molecule has 3 aromatic rings. The Morgan fingerprint density at radius 2 is 1.83 bits per heavy atom. The minimum Gasteiger partial charge on any atom is -0.356 e. The number of hydrogen-bond donors (Lipinski definition) is 1. The number of para-hydroxylation sites is 1. The molecule has 0 fully saturated rings. The van der Waals surface area contributed by atoms with Crippen molar-refractivity contribution in [1.29, 1.82) is 0 Å². The van der Waals surface area contributed by atoms with Gasteiger partial charge in [-0.3, -0.25) is 4.79 Å². The molecule has 0 unspecified atom stereocenters. The van der Waals surface area contributed by atoms with Crippen LogP contribution < -0.4 is 5.32 Å². The van der Waals surface area contributed by atoms with E-state index in [-0.39, 0.29) is 12.3 Å². The van der Waals surface area contributed by atoms with Gasteiger partial charge in [0, 0.05) is 11.9 Å². The first-order valence-corrected chi connectivity index (χ1v) is 7.71. The topological polar surface area (TPSA) is 55.1 Å². The number of amides is 1. The van der Waals surface area contributed by atoms with E-state index >= 15 is 0 Å². The van der Waals surface area contributed by atoms with E-state index in [1.807, 2.05) is 24.3 Å². The maximum Gasteiger partial charge on any atom is 0.226 e. The summed E-state index contributed by atoms with van der Waals surface area (Å²) in [6.45, 7) is 6.77. The van der Waals surface area contributed by atoms with Crippen LogP contribution in [-0.2, 0) is 17.8 Å². The van der Waals surface area contributed by atoms with Gasteiger partial charge in [-0.1, -0.05) is 35.0 Å². The van der Waals surface area contributed by atoms with Gasteiger partial charge in [-0.2, -0.15) is 0 Å². The van der Waals surface area contributed by atoms with Crippen molar-refractivity contribution in [3.8, 4) is 0 Å². The molecule has 0 bridgehead atoms. The molecule has 0 saturated carbocycles. The molecule has 0 aliphatic carbocycles. The molecule has 4 heteroatoms. The van der Waals surface area contributed by atoms with Crippen LogP contribution in [-0.4, -0.2) is 11.1 Å². The summed E-state index contributed by atoms with van der Waals surface area (Å²) in [7, 11) is 0. The molecule has 118 valence electrons. The quantitative estimate of drug-likeness (QED) is 0.801. The fourth-order valence-corrected chi connectivity index (χ4v) is 2.96. The SMILES string of the molecule is Cc1cc(C)c(CNC(=O)Cc2noc3ccccc23)c(C)c1. The van der Waals surface area contributed by atoms with Crippen LogP contribution in [0, 0.1) is 20.8 Å². The van der Waals surface area contributed by atoms with Gasteiger partial charge in [0.2, 0.25) is 5.91 Å². The van der Waals surface area contributed by atoms with Crippen molar-refractivity contribution in [1.82, 2.24) is 10.5 Å². The molecule has 3 rings (SSSR count). The maximum absolute atomic E-state index is 12.2. The molecule has 23 heavy (non-hydrogen) atoms. The molecule has 4 nitrogen and oxygen atoms in total. The number of aromatic nitrogens is 1. The van der Waals surface area contributed by atoms with Gasteiger partial charge in [0.1, 0.15) is 5.69 Å². The molecular weight excluding hydrogens is 288 g/mol. The predicted octanol–water partition coefficient (Wildman–Crippen LogP) is 3.61. The minimum absolute atomic E-state index is 0.0524. The number of nitrogens with one attached hydrogen (secondary N) is 1. The zero-order chi connectivity index (χ0) is 16.4. The van der Waals surface area contributed by atoms with Gasteiger partial charge < -0.3 is 9.84 Å². The highest BCUT2D eigenvalue weighted by atomic mass is 16.5. The van der Waals surface area contributed by atoms with E-state index in [4.69, 9.17) is 4.52 Å². The molecule has 1 N–H and O–H groups in total. The van der Waals surface area contributed by atoms with Gasteiger partial charge in [-0.25, -0.2) is 0 Å². The molecule has 2 aromatic carbocycles. The van der Waals surface area contributed by atoms with Crippen LogP contribution >= 0.6 is 0 Å². The van der Waals surface area contributed by atoms with Crippen LogP contribution in [0.2, 0.25) is 0 Å². The van der Waals surface area contributed by atoms with Crippen molar-refractivity contribution in [2.45, 2.75) is 33.7 Å². The second-order valence-electron chi connectivity index (χ2n) is 5.96. The monoisotopic (exact) mass is 308 g/mol. The number of nitrogens with zero attached hydrogens (tertiary/aromatic N) is 1. The Kier molecular flexibility index (Phi) is 4.15. The van der Waals surface area contributed by atoms with Crippen LogP contribution in [0.5, 0.6) is 0 Å². The Labute approximate surface area is 135 Å². The second kappa shape index (κ2) is 6.24. The number of hydrogen-bond acceptors (Lipinski definition) is 3. The maximum atomic E-state index is 12.2. The largest absolute Gasteiger partial charge is 0.356 e. The fraction of sp³-hybridized carbons (Fsp3) is 0.263. The van der Waals surface area contributed by atoms with Crippen molar-refractivity contribution in [3.63, 3.8) is 0 Å². The van der Waals surface area contributed by atoms with Gasteiger partial charge in [-0.15, -0.1) is 0 Å². The third-order valence-electron chi connectivity index (χ3n) is 4.08. The Hall–Kier alpha value is -2.62. The van der Waals surface area contributed by atoms with E-state index in [1.165, 1.54) is 22.3 Å². The molecule has 1 heterocycles. The summed E-state index contributed by atoms with van der Waals surface area (Å²) >= 11 is 0. The standard InChI is InChI=1S/C19H20N2O2/c1-12-8-13(2)16(14(3)9-12)11-20-19(22)10-17-15-6-4-5-7-18(15)23-21-17/h4-9H,10-11H2,1-3H3,(H,20,22). The molecule has 0 aliphatic rings. The van der Waals surface area contributed by atoms with E-state index in [0.717, 1.165) is 5.39 Å². The van der Waals surface area contributed by atoms with Crippen LogP contribution in [0.3, 0.4) is 0 Å². The number of carbonyl (C=O) groups excluding carboxylic acids is 1. The second-order valence-corrected chi connectivity index (χ2v) is 5.96. The number of carbonyl (C=O) groups is 1. The van der Waals surface area contributed by atoms with Crippen molar-refractivity contribution < 1.29 is 9.32 Å². The Morgan fingerprint density at radius 1 is 1.13 bits per heavy atom. The van der Waals surface area contributed by atoms with Crippen molar-refractivity contribution >= 4 is 16.9 Å². The van der Waals surface area contributed by atoms with Gasteiger partial charge in [-0.05, 0) is 49.6 Å². The third kappa shape index (κ3) is 3.26. The zero-order valence-corrected chi connectivity index (χ0v) is 13.6. The summed E-state index contributed by atoms with van der Waals surface area (Å²) in [4.78, 5) is 12.2. The smallest absolute Gasteiger partial charge is 0.226 e. The summed E-state index contributed by atoms with van der Waals surface area (Å²) in [6.07, 6.45) is 0.223. The summed E-state index contributed by atoms with van der Waals surface area (Å²) in [5, 5.41) is 7.88. The summed E-state index contributed by atoms with van der Waals surface area (Å²) < 4.78 is 5.23. The summed E-state index contributed by atoms with van der Waals surface area (Å²) in [6, 6.07) is 11.9. The molecule has 1 amide bonds. The number of fused-ring (bicyclic) bond motifs is 1. The Bertz CT molecular complexity index is 842. The lowest BCUT2D eigenvalue weighted by atomic mass is 10.00. The van der Waals surface area contributed by atoms with Crippen LogP contribution in [0.15, 0.2) is 40.9 Å². The number of rotatable bonds is 4. The molecule has 0 aliphatic heterocycles. The van der Waals surface area contributed by atoms with Crippen LogP contribution in [0.1, 0.15) is 27.9 Å². The van der Waals surface area contributed by atoms with Crippen molar-refractivity contribution in [2.24, 2.45) is 0 Å². The molecule has 0 radical (unpaired) electrons. The first-order chi connectivity index (χ1) is 11.0. The molecule has 0 spiro atoms. The van der Waals surface area contributed by atoms with Crippen LogP contribution in [0.4, 0.5) is 0 Å². The predicted molar refractivity (Wildman–Crippen MR) is 90.2 cm³/mol. The lowest BCUT2D eigenvalue weighted by Gasteiger charge is -2.12. The lowest BCUT2D eigenvalue weighted by molar-refractivity contribution is -0.120. The molecule has 1 aromatic heterocycles. The Morgan fingerprint density at radius 3 is 2.57 bits per heavy atom. The first kappa shape index (κ1) is 15.3. The Balaban J connectivity index is 1.69. The van der Waals surface area contributed by atoms with Gasteiger partial charge in [0.05, 0.1) is 6.42 Å². The molecule has 0 atom stereocenters. The van der Waals surface area contributed by atoms with Crippen molar-refractivity contribution in [3.05, 3.63) is 64.3 Å². The highest BCUT2D eigenvalue weighted by molar-refractivity contribution is 5.86. The van der Waals surface area contributed by atoms with E-state index < -0.39 is 0 Å². The van der Waals surface area contributed by atoms with E-state index in [1.54, 1.807) is 0 Å². The fourth-order valence-electron chi connectivity index (χ4n) is 2.96. The van der Waals surface area contributed by atoms with Crippen LogP contribution in [0.25, 0.3) is 11.0 Å². The average molecular weight is 308 g/mol. The normalized spacial score (nSPS) is 10.9. The highest BCUT2D eigenvalue weighted by Crippen LogP contribution is 2.19. The van der Waals surface area contributed by atoms with Gasteiger partial charge >= 0.3 is 0 Å². The molecular formula is C19H20N2O2. The minimum atomic E-state index is -0.0524. The summed E-state index contributed by atoms with van der Waals surface area (Å²) in [5.74, 6) is -0.0524. The highest BCUT2D eigenvalue weighted by Gasteiger charge is 2.12. The number of aryl methyl sites for hydroxylation is 3. The van der Waals surface area contributed by atoms with Gasteiger partial charge in [0.25, 0.3) is 0 Å². The summed E-state index contributed by atoms with van der Waals surface area (Å²) in [5.41, 5.74) is 6.21. The lowest BCUT2D eigenvalue weighted by Crippen LogP contribution is -2.25. The first-order valence-electron chi connectivity index (χ1n) is 7.71. The van der Waals surface area contributed by atoms with E-state index in [9.17, 15) is 4.79 Å². The molecule has 0 saturated heterocycles. The third-order valence-corrected chi connectivity index (χ3v) is 4.08. The van der Waals surface area contributed by atoms with Gasteiger partial charge in [0.15, 0.2) is 5.58 Å². The number of benzene rings is 2.